The number of aromatic amines is 1. The van der Waals surface area contributed by atoms with Crippen LogP contribution in [0.5, 0.6) is 0 Å². The fourth-order valence-electron chi connectivity index (χ4n) is 1.15. The first kappa shape index (κ1) is 10.5. The second kappa shape index (κ2) is 4.11. The molecule has 0 saturated carbocycles. The number of rotatable bonds is 1. The van der Waals surface area contributed by atoms with Crippen LogP contribution in [0.25, 0.3) is 11.3 Å². The summed E-state index contributed by atoms with van der Waals surface area (Å²) in [6, 6.07) is 8.06. The van der Waals surface area contributed by atoms with Crippen LogP contribution in [0.2, 0.25) is 0 Å². The molecule has 74 valence electrons. The van der Waals surface area contributed by atoms with Gasteiger partial charge in [0.1, 0.15) is 11.6 Å². The van der Waals surface area contributed by atoms with Gasteiger partial charge in [0, 0.05) is 11.6 Å². The number of aromatic nitrogens is 2. The second-order valence-electron chi connectivity index (χ2n) is 2.69. The lowest BCUT2D eigenvalue weighted by Gasteiger charge is -1.97. The summed E-state index contributed by atoms with van der Waals surface area (Å²) in [5, 5.41) is 6.37. The average molecular weight is 214 g/mol. The standard InChI is InChI=1S/C9H8FN3.ClH/c10-7-4-2-1-3-6(7)8-5-9(11)13-12-8;/h1-5H,(H3,11,12,13);1H. The summed E-state index contributed by atoms with van der Waals surface area (Å²) in [4.78, 5) is 0. The Bertz CT molecular complexity index is 428. The Morgan fingerprint density at radius 2 is 2.00 bits per heavy atom. The molecule has 0 amide bonds. The van der Waals surface area contributed by atoms with Crippen LogP contribution in [0, 0.1) is 5.82 Å². The molecule has 1 aromatic carbocycles. The third-order valence-corrected chi connectivity index (χ3v) is 1.76. The van der Waals surface area contributed by atoms with Gasteiger partial charge >= 0.3 is 0 Å². The molecule has 5 heteroatoms. The van der Waals surface area contributed by atoms with E-state index >= 15 is 0 Å². The van der Waals surface area contributed by atoms with Crippen LogP contribution in [0.4, 0.5) is 10.2 Å². The van der Waals surface area contributed by atoms with Crippen LogP contribution in [0.1, 0.15) is 0 Å². The fraction of sp³-hybridized carbons (Fsp3) is 0. The van der Waals surface area contributed by atoms with Gasteiger partial charge in [-0.2, -0.15) is 5.10 Å². The van der Waals surface area contributed by atoms with Crippen molar-refractivity contribution in [1.82, 2.24) is 10.2 Å². The van der Waals surface area contributed by atoms with Crippen molar-refractivity contribution in [1.29, 1.82) is 0 Å². The van der Waals surface area contributed by atoms with Crippen LogP contribution < -0.4 is 5.73 Å². The molecule has 0 unspecified atom stereocenters. The quantitative estimate of drug-likeness (QED) is 0.763. The van der Waals surface area contributed by atoms with Gasteiger partial charge in [-0.15, -0.1) is 12.4 Å². The molecule has 3 nitrogen and oxygen atoms in total. The number of halogens is 2. The largest absolute Gasteiger partial charge is 0.382 e. The van der Waals surface area contributed by atoms with Crippen LogP contribution in [-0.4, -0.2) is 10.2 Å². The van der Waals surface area contributed by atoms with Crippen molar-refractivity contribution < 1.29 is 4.39 Å². The number of anilines is 1. The van der Waals surface area contributed by atoms with E-state index in [2.05, 4.69) is 10.2 Å². The molecule has 1 heterocycles. The second-order valence-corrected chi connectivity index (χ2v) is 2.69. The number of benzene rings is 1. The zero-order valence-corrected chi connectivity index (χ0v) is 8.01. The van der Waals surface area contributed by atoms with Crippen molar-refractivity contribution >= 4 is 18.2 Å². The predicted octanol–water partition coefficient (Wildman–Crippen LogP) is 2.22. The van der Waals surface area contributed by atoms with Gasteiger partial charge in [0.15, 0.2) is 0 Å². The van der Waals surface area contributed by atoms with Gasteiger partial charge in [-0.1, -0.05) is 12.1 Å². The van der Waals surface area contributed by atoms with E-state index in [4.69, 9.17) is 5.73 Å². The van der Waals surface area contributed by atoms with E-state index in [9.17, 15) is 4.39 Å². The Kier molecular flexibility index (Phi) is 3.09. The molecule has 0 aliphatic rings. The van der Waals surface area contributed by atoms with Crippen molar-refractivity contribution in [3.63, 3.8) is 0 Å². The minimum atomic E-state index is -0.286. The van der Waals surface area contributed by atoms with Crippen LogP contribution in [-0.2, 0) is 0 Å². The minimum absolute atomic E-state index is 0. The van der Waals surface area contributed by atoms with Gasteiger partial charge in [0.25, 0.3) is 0 Å². The molecule has 0 fully saturated rings. The third kappa shape index (κ3) is 1.85. The lowest BCUT2D eigenvalue weighted by Crippen LogP contribution is -1.82. The maximum absolute atomic E-state index is 13.2. The van der Waals surface area contributed by atoms with E-state index in [1.54, 1.807) is 24.3 Å². The van der Waals surface area contributed by atoms with Gasteiger partial charge in [-0.25, -0.2) is 4.39 Å². The molecule has 1 aromatic heterocycles. The molecule has 0 aliphatic heterocycles. The topological polar surface area (TPSA) is 54.7 Å². The molecule has 0 atom stereocenters. The van der Waals surface area contributed by atoms with Crippen LogP contribution in [0.15, 0.2) is 30.3 Å². The van der Waals surface area contributed by atoms with E-state index in [1.807, 2.05) is 0 Å². The summed E-state index contributed by atoms with van der Waals surface area (Å²) in [7, 11) is 0. The van der Waals surface area contributed by atoms with Crippen LogP contribution in [0.3, 0.4) is 0 Å². The van der Waals surface area contributed by atoms with E-state index in [0.717, 1.165) is 0 Å². The van der Waals surface area contributed by atoms with Crippen molar-refractivity contribution in [2.24, 2.45) is 0 Å². The summed E-state index contributed by atoms with van der Waals surface area (Å²) < 4.78 is 13.2. The first-order chi connectivity index (χ1) is 6.27. The Morgan fingerprint density at radius 3 is 2.57 bits per heavy atom. The van der Waals surface area contributed by atoms with E-state index in [1.165, 1.54) is 6.07 Å². The SMILES string of the molecule is Cl.Nc1cc(-c2ccccc2F)[nH]n1. The van der Waals surface area contributed by atoms with Crippen molar-refractivity contribution in [2.75, 3.05) is 5.73 Å². The summed E-state index contributed by atoms with van der Waals surface area (Å²) in [5.41, 5.74) is 6.47. The average Bonchev–Trinajstić information content (AvgIpc) is 2.53. The zero-order chi connectivity index (χ0) is 9.26. The van der Waals surface area contributed by atoms with E-state index < -0.39 is 0 Å². The van der Waals surface area contributed by atoms with Gasteiger partial charge in [0.2, 0.25) is 0 Å². The monoisotopic (exact) mass is 213 g/mol. The Labute approximate surface area is 86.5 Å². The van der Waals surface area contributed by atoms with E-state index in [-0.39, 0.29) is 18.2 Å². The predicted molar refractivity (Wildman–Crippen MR) is 55.6 cm³/mol. The molecule has 3 N–H and O–H groups in total. The highest BCUT2D eigenvalue weighted by Gasteiger charge is 2.05. The molecule has 2 aromatic rings. The first-order valence-corrected chi connectivity index (χ1v) is 3.83. The minimum Gasteiger partial charge on any atom is -0.382 e. The van der Waals surface area contributed by atoms with Crippen molar-refractivity contribution in [2.45, 2.75) is 0 Å². The summed E-state index contributed by atoms with van der Waals surface area (Å²) in [6.07, 6.45) is 0. The third-order valence-electron chi connectivity index (χ3n) is 1.76. The Balaban J connectivity index is 0.000000980. The molecule has 0 radical (unpaired) electrons. The lowest BCUT2D eigenvalue weighted by molar-refractivity contribution is 0.630. The van der Waals surface area contributed by atoms with E-state index in [0.29, 0.717) is 17.1 Å². The molecule has 0 spiro atoms. The highest BCUT2D eigenvalue weighted by Crippen LogP contribution is 2.21. The number of H-pyrrole nitrogens is 1. The number of nitrogens with two attached hydrogens (primary N) is 1. The number of nitrogens with one attached hydrogen (secondary N) is 1. The van der Waals surface area contributed by atoms with Gasteiger partial charge in [-0.05, 0) is 12.1 Å². The number of hydrogen-bond donors (Lipinski definition) is 2. The molecular formula is C9H9ClFN3. The maximum atomic E-state index is 13.2. The van der Waals surface area contributed by atoms with Gasteiger partial charge in [-0.3, -0.25) is 5.10 Å². The van der Waals surface area contributed by atoms with Gasteiger partial charge < -0.3 is 5.73 Å². The van der Waals surface area contributed by atoms with Crippen molar-refractivity contribution in [3.8, 4) is 11.3 Å². The maximum Gasteiger partial charge on any atom is 0.145 e. The molecule has 2 rings (SSSR count). The Morgan fingerprint density at radius 1 is 1.29 bits per heavy atom. The first-order valence-electron chi connectivity index (χ1n) is 3.83. The fourth-order valence-corrected chi connectivity index (χ4v) is 1.15. The smallest absolute Gasteiger partial charge is 0.145 e. The summed E-state index contributed by atoms with van der Waals surface area (Å²) >= 11 is 0. The van der Waals surface area contributed by atoms with Gasteiger partial charge in [0.05, 0.1) is 5.69 Å². The molecular weight excluding hydrogens is 205 g/mol. The molecule has 0 saturated heterocycles. The molecule has 0 bridgehead atoms. The highest BCUT2D eigenvalue weighted by atomic mass is 35.5. The number of nitrogens with zero attached hydrogens (tertiary/aromatic N) is 1. The summed E-state index contributed by atoms with van der Waals surface area (Å²) in [6.45, 7) is 0. The number of nitrogen functional groups attached to an aromatic ring is 1. The number of hydrogen-bond acceptors (Lipinski definition) is 2. The van der Waals surface area contributed by atoms with Crippen LogP contribution >= 0.6 is 12.4 Å². The molecule has 14 heavy (non-hydrogen) atoms. The molecule has 0 aliphatic carbocycles. The zero-order valence-electron chi connectivity index (χ0n) is 7.20. The van der Waals surface area contributed by atoms with Crippen molar-refractivity contribution in [3.05, 3.63) is 36.1 Å². The Hall–Kier alpha value is -1.55. The summed E-state index contributed by atoms with van der Waals surface area (Å²) in [5.74, 6) is 0.0735. The normalized spacial score (nSPS) is 9.50. The highest BCUT2D eigenvalue weighted by molar-refractivity contribution is 5.85. The lowest BCUT2D eigenvalue weighted by atomic mass is 10.1.